The molecule has 1 fully saturated rings. The van der Waals surface area contributed by atoms with Crippen LogP contribution in [0.1, 0.15) is 26.2 Å². The van der Waals surface area contributed by atoms with Crippen LogP contribution in [0.5, 0.6) is 0 Å². The highest BCUT2D eigenvalue weighted by molar-refractivity contribution is 6.00. The van der Waals surface area contributed by atoms with Crippen LogP contribution >= 0.6 is 0 Å². The third-order valence-electron chi connectivity index (χ3n) is 2.02. The van der Waals surface area contributed by atoms with Gasteiger partial charge in [-0.15, -0.1) is 0 Å². The SMILES string of the molecule is C=C1CCCC(=O)/C1=C/C=C\C. The Bertz CT molecular complexity index is 238. The average Bonchev–Trinajstić information content (AvgIpc) is 2.04. The minimum absolute atomic E-state index is 0.240. The summed E-state index contributed by atoms with van der Waals surface area (Å²) in [7, 11) is 0. The van der Waals surface area contributed by atoms with E-state index in [9.17, 15) is 4.79 Å². The molecule has 1 rings (SSSR count). The maximum absolute atomic E-state index is 11.3. The van der Waals surface area contributed by atoms with Crippen molar-refractivity contribution in [2.45, 2.75) is 26.2 Å². The van der Waals surface area contributed by atoms with E-state index >= 15 is 0 Å². The molecule has 0 radical (unpaired) electrons. The Kier molecular flexibility index (Phi) is 3.03. The number of Topliss-reactive ketones (excluding diaryl/α,β-unsaturated/α-hetero) is 1. The molecular weight excluding hydrogens is 148 g/mol. The fourth-order valence-electron chi connectivity index (χ4n) is 1.33. The van der Waals surface area contributed by atoms with Gasteiger partial charge in [0, 0.05) is 12.0 Å². The lowest BCUT2D eigenvalue weighted by atomic mass is 9.89. The van der Waals surface area contributed by atoms with E-state index < -0.39 is 0 Å². The quantitative estimate of drug-likeness (QED) is 0.542. The molecule has 0 heterocycles. The highest BCUT2D eigenvalue weighted by Gasteiger charge is 2.16. The van der Waals surface area contributed by atoms with Crippen LogP contribution in [0.3, 0.4) is 0 Å². The minimum atomic E-state index is 0.240. The lowest BCUT2D eigenvalue weighted by molar-refractivity contribution is -0.115. The van der Waals surface area contributed by atoms with Crippen LogP contribution in [-0.2, 0) is 4.79 Å². The van der Waals surface area contributed by atoms with Gasteiger partial charge in [-0.3, -0.25) is 4.79 Å². The first-order chi connectivity index (χ1) is 5.75. The summed E-state index contributed by atoms with van der Waals surface area (Å²) >= 11 is 0. The Labute approximate surface area is 73.5 Å². The molecule has 0 spiro atoms. The number of hydrogen-bond acceptors (Lipinski definition) is 1. The van der Waals surface area contributed by atoms with Crippen LogP contribution in [0.25, 0.3) is 0 Å². The molecule has 64 valence electrons. The normalized spacial score (nSPS) is 22.6. The number of allylic oxidation sites excluding steroid dienone is 5. The highest BCUT2D eigenvalue weighted by atomic mass is 16.1. The molecule has 0 unspecified atom stereocenters. The molecular formula is C11H14O. The van der Waals surface area contributed by atoms with Crippen LogP contribution in [-0.4, -0.2) is 5.78 Å². The molecule has 1 saturated carbocycles. The molecule has 1 aliphatic carbocycles. The number of carbonyl (C=O) groups excluding carboxylic acids is 1. The Morgan fingerprint density at radius 2 is 2.17 bits per heavy atom. The topological polar surface area (TPSA) is 17.1 Å². The van der Waals surface area contributed by atoms with Gasteiger partial charge in [-0.05, 0) is 25.3 Å². The van der Waals surface area contributed by atoms with Crippen molar-refractivity contribution in [3.63, 3.8) is 0 Å². The van der Waals surface area contributed by atoms with Crippen LogP contribution in [0.15, 0.2) is 36.0 Å². The molecule has 0 bridgehead atoms. The molecule has 0 aromatic heterocycles. The van der Waals surface area contributed by atoms with E-state index in [0.717, 1.165) is 24.0 Å². The highest BCUT2D eigenvalue weighted by Crippen LogP contribution is 2.24. The Morgan fingerprint density at radius 1 is 1.42 bits per heavy atom. The minimum Gasteiger partial charge on any atom is -0.294 e. The third kappa shape index (κ3) is 1.94. The zero-order valence-corrected chi connectivity index (χ0v) is 7.47. The molecule has 0 amide bonds. The lowest BCUT2D eigenvalue weighted by Gasteiger charge is -2.14. The molecule has 0 atom stereocenters. The number of rotatable bonds is 1. The lowest BCUT2D eigenvalue weighted by Crippen LogP contribution is -2.10. The van der Waals surface area contributed by atoms with Gasteiger partial charge < -0.3 is 0 Å². The van der Waals surface area contributed by atoms with Gasteiger partial charge in [0.1, 0.15) is 0 Å². The smallest absolute Gasteiger partial charge is 0.163 e. The molecule has 1 nitrogen and oxygen atoms in total. The Balaban J connectivity index is 2.83. The Morgan fingerprint density at radius 3 is 2.75 bits per heavy atom. The summed E-state index contributed by atoms with van der Waals surface area (Å²) in [6, 6.07) is 0. The van der Waals surface area contributed by atoms with Gasteiger partial charge in [0.15, 0.2) is 5.78 Å². The second kappa shape index (κ2) is 4.05. The second-order valence-electron chi connectivity index (χ2n) is 2.99. The second-order valence-corrected chi connectivity index (χ2v) is 2.99. The van der Waals surface area contributed by atoms with Gasteiger partial charge in [-0.1, -0.05) is 24.8 Å². The predicted octanol–water partition coefficient (Wildman–Crippen LogP) is 2.80. The molecule has 0 aromatic rings. The monoisotopic (exact) mass is 162 g/mol. The fraction of sp³-hybridized carbons (Fsp3) is 0.364. The number of carbonyl (C=O) groups is 1. The molecule has 0 N–H and O–H groups in total. The molecule has 12 heavy (non-hydrogen) atoms. The van der Waals surface area contributed by atoms with Gasteiger partial charge >= 0.3 is 0 Å². The van der Waals surface area contributed by atoms with Crippen molar-refractivity contribution >= 4 is 5.78 Å². The number of ketones is 1. The molecule has 0 aliphatic heterocycles. The first-order valence-electron chi connectivity index (χ1n) is 4.30. The van der Waals surface area contributed by atoms with Gasteiger partial charge in [0.2, 0.25) is 0 Å². The van der Waals surface area contributed by atoms with E-state index in [1.165, 1.54) is 0 Å². The van der Waals surface area contributed by atoms with Gasteiger partial charge in [-0.25, -0.2) is 0 Å². The van der Waals surface area contributed by atoms with Crippen LogP contribution in [0.2, 0.25) is 0 Å². The van der Waals surface area contributed by atoms with Crippen LogP contribution in [0, 0.1) is 0 Å². The molecule has 1 aliphatic rings. The summed E-state index contributed by atoms with van der Waals surface area (Å²) < 4.78 is 0. The van der Waals surface area contributed by atoms with Gasteiger partial charge in [0.05, 0.1) is 0 Å². The average molecular weight is 162 g/mol. The van der Waals surface area contributed by atoms with Crippen molar-refractivity contribution in [1.82, 2.24) is 0 Å². The van der Waals surface area contributed by atoms with Crippen molar-refractivity contribution < 1.29 is 4.79 Å². The van der Waals surface area contributed by atoms with E-state index in [2.05, 4.69) is 6.58 Å². The van der Waals surface area contributed by atoms with Crippen molar-refractivity contribution in [3.8, 4) is 0 Å². The van der Waals surface area contributed by atoms with Crippen molar-refractivity contribution in [3.05, 3.63) is 36.0 Å². The van der Waals surface area contributed by atoms with Crippen molar-refractivity contribution in [1.29, 1.82) is 0 Å². The number of hydrogen-bond donors (Lipinski definition) is 0. The molecule has 0 saturated heterocycles. The summed E-state index contributed by atoms with van der Waals surface area (Å²) in [4.78, 5) is 11.3. The zero-order chi connectivity index (χ0) is 8.97. The molecule has 0 aromatic carbocycles. The van der Waals surface area contributed by atoms with E-state index in [0.29, 0.717) is 6.42 Å². The van der Waals surface area contributed by atoms with Crippen LogP contribution in [0.4, 0.5) is 0 Å². The fourth-order valence-corrected chi connectivity index (χ4v) is 1.33. The van der Waals surface area contributed by atoms with Crippen LogP contribution < -0.4 is 0 Å². The summed E-state index contributed by atoms with van der Waals surface area (Å²) in [5.41, 5.74) is 1.81. The maximum Gasteiger partial charge on any atom is 0.163 e. The summed E-state index contributed by atoms with van der Waals surface area (Å²) in [5, 5.41) is 0. The standard InChI is InChI=1S/C11H14O/c1-3-4-7-10-9(2)6-5-8-11(10)12/h3-4,7H,2,5-6,8H2,1H3/b4-3-,10-7+. The zero-order valence-electron chi connectivity index (χ0n) is 7.47. The van der Waals surface area contributed by atoms with E-state index in [-0.39, 0.29) is 5.78 Å². The summed E-state index contributed by atoms with van der Waals surface area (Å²) in [5.74, 6) is 0.240. The van der Waals surface area contributed by atoms with Crippen molar-refractivity contribution in [2.75, 3.05) is 0 Å². The first kappa shape index (κ1) is 8.98. The summed E-state index contributed by atoms with van der Waals surface area (Å²) in [6.45, 7) is 5.81. The van der Waals surface area contributed by atoms with E-state index in [1.807, 2.05) is 25.2 Å². The van der Waals surface area contributed by atoms with E-state index in [4.69, 9.17) is 0 Å². The van der Waals surface area contributed by atoms with E-state index in [1.54, 1.807) is 0 Å². The third-order valence-corrected chi connectivity index (χ3v) is 2.02. The Hall–Kier alpha value is -1.11. The largest absolute Gasteiger partial charge is 0.294 e. The first-order valence-corrected chi connectivity index (χ1v) is 4.30. The maximum atomic E-state index is 11.3. The summed E-state index contributed by atoms with van der Waals surface area (Å²) in [6.07, 6.45) is 8.29. The van der Waals surface area contributed by atoms with Crippen molar-refractivity contribution in [2.24, 2.45) is 0 Å². The molecule has 1 heteroatoms. The van der Waals surface area contributed by atoms with Gasteiger partial charge in [0.25, 0.3) is 0 Å². The van der Waals surface area contributed by atoms with Gasteiger partial charge in [-0.2, -0.15) is 0 Å². The predicted molar refractivity (Wildman–Crippen MR) is 50.9 cm³/mol.